The van der Waals surface area contributed by atoms with Gasteiger partial charge in [-0.05, 0) is 49.4 Å². The number of nitro groups is 1. The largest absolute Gasteiger partial charge is 0.452 e. The van der Waals surface area contributed by atoms with E-state index in [1.54, 1.807) is 0 Å². The number of esters is 1. The van der Waals surface area contributed by atoms with Gasteiger partial charge in [0.1, 0.15) is 5.69 Å². The molecule has 0 bridgehead atoms. The number of carbonyl (C=O) groups is 2. The lowest BCUT2D eigenvalue weighted by molar-refractivity contribution is -0.383. The molecule has 0 atom stereocenters. The van der Waals surface area contributed by atoms with E-state index in [1.807, 2.05) is 24.3 Å². The van der Waals surface area contributed by atoms with Gasteiger partial charge in [-0.15, -0.1) is 0 Å². The van der Waals surface area contributed by atoms with Gasteiger partial charge in [0.15, 0.2) is 6.61 Å². The number of fused-ring (bicyclic) bond motifs is 2. The molecule has 0 saturated heterocycles. The number of hydrogen-bond donors (Lipinski definition) is 1. The zero-order chi connectivity index (χ0) is 22.0. The highest BCUT2D eigenvalue weighted by Gasteiger charge is 2.24. The van der Waals surface area contributed by atoms with E-state index in [0.29, 0.717) is 16.5 Å². The summed E-state index contributed by atoms with van der Waals surface area (Å²) in [6.45, 7) is -0.589. The van der Waals surface area contributed by atoms with Gasteiger partial charge in [0.05, 0.1) is 16.0 Å². The van der Waals surface area contributed by atoms with Crippen molar-refractivity contribution in [3.63, 3.8) is 0 Å². The molecule has 0 aliphatic heterocycles. The van der Waals surface area contributed by atoms with Gasteiger partial charge in [0, 0.05) is 22.2 Å². The van der Waals surface area contributed by atoms with Crippen LogP contribution >= 0.6 is 11.6 Å². The van der Waals surface area contributed by atoms with Crippen LogP contribution in [0.25, 0.3) is 10.9 Å². The minimum atomic E-state index is -0.703. The van der Waals surface area contributed by atoms with Crippen LogP contribution in [0.2, 0.25) is 5.02 Å². The number of amides is 1. The van der Waals surface area contributed by atoms with Crippen molar-refractivity contribution in [2.24, 2.45) is 0 Å². The normalized spacial score (nSPS) is 12.8. The molecule has 0 spiro atoms. The van der Waals surface area contributed by atoms with Crippen molar-refractivity contribution >= 4 is 45.8 Å². The third kappa shape index (κ3) is 4.34. The number of benzene rings is 2. The maximum Gasteiger partial charge on any atom is 0.339 e. The molecular weight excluding hydrogens is 422 g/mol. The van der Waals surface area contributed by atoms with E-state index in [2.05, 4.69) is 10.3 Å². The summed E-state index contributed by atoms with van der Waals surface area (Å²) in [4.78, 5) is 40.5. The second-order valence-electron chi connectivity index (χ2n) is 7.18. The Morgan fingerprint density at radius 3 is 2.74 bits per heavy atom. The Hall–Kier alpha value is -3.52. The second-order valence-corrected chi connectivity index (χ2v) is 7.62. The molecule has 0 saturated carbocycles. The van der Waals surface area contributed by atoms with E-state index >= 15 is 0 Å². The van der Waals surface area contributed by atoms with Crippen molar-refractivity contribution in [2.75, 3.05) is 11.9 Å². The quantitative estimate of drug-likeness (QED) is 0.356. The van der Waals surface area contributed by atoms with E-state index in [4.69, 9.17) is 16.3 Å². The van der Waals surface area contributed by atoms with Crippen LogP contribution in [0.3, 0.4) is 0 Å². The van der Waals surface area contributed by atoms with Gasteiger partial charge in [0.2, 0.25) is 0 Å². The van der Waals surface area contributed by atoms with Crippen LogP contribution in [0.1, 0.15) is 34.5 Å². The summed E-state index contributed by atoms with van der Waals surface area (Å²) in [6.07, 6.45) is 3.47. The molecule has 1 aliphatic rings. The summed E-state index contributed by atoms with van der Waals surface area (Å²) in [5.41, 5.74) is 2.51. The van der Waals surface area contributed by atoms with Crippen LogP contribution in [0.4, 0.5) is 11.4 Å². The Kier molecular flexibility index (Phi) is 5.81. The first-order valence-electron chi connectivity index (χ1n) is 9.75. The third-order valence-electron chi connectivity index (χ3n) is 5.14. The fraction of sp³-hybridized carbons (Fsp3) is 0.227. The number of aryl methyl sites for hydroxylation is 1. The summed E-state index contributed by atoms with van der Waals surface area (Å²) >= 11 is 5.87. The first-order valence-corrected chi connectivity index (χ1v) is 10.1. The Morgan fingerprint density at radius 1 is 1.16 bits per heavy atom. The molecule has 9 heteroatoms. The molecule has 4 rings (SSSR count). The number of nitrogens with one attached hydrogen (secondary N) is 1. The monoisotopic (exact) mass is 439 g/mol. The van der Waals surface area contributed by atoms with Gasteiger partial charge in [0.25, 0.3) is 11.6 Å². The number of anilines is 1. The van der Waals surface area contributed by atoms with E-state index < -0.39 is 23.4 Å². The molecule has 0 unspecified atom stereocenters. The maximum absolute atomic E-state index is 13.0. The number of pyridine rings is 1. The molecule has 1 amide bonds. The summed E-state index contributed by atoms with van der Waals surface area (Å²) in [5, 5.41) is 14.4. The molecule has 1 aromatic heterocycles. The third-order valence-corrected chi connectivity index (χ3v) is 5.37. The highest BCUT2D eigenvalue weighted by Crippen LogP contribution is 2.30. The predicted molar refractivity (Wildman–Crippen MR) is 115 cm³/mol. The van der Waals surface area contributed by atoms with Crippen LogP contribution in [-0.4, -0.2) is 28.4 Å². The number of halogens is 1. The van der Waals surface area contributed by atoms with Crippen LogP contribution in [0, 0.1) is 10.1 Å². The molecule has 1 aliphatic carbocycles. The zero-order valence-corrected chi connectivity index (χ0v) is 17.1. The van der Waals surface area contributed by atoms with E-state index in [0.717, 1.165) is 36.9 Å². The maximum atomic E-state index is 13.0. The van der Waals surface area contributed by atoms with E-state index in [-0.39, 0.29) is 16.4 Å². The molecule has 0 radical (unpaired) electrons. The molecule has 1 heterocycles. The van der Waals surface area contributed by atoms with Crippen LogP contribution in [0.5, 0.6) is 0 Å². The highest BCUT2D eigenvalue weighted by atomic mass is 35.5. The van der Waals surface area contributed by atoms with Crippen LogP contribution in [-0.2, 0) is 22.4 Å². The Labute approximate surface area is 182 Å². The predicted octanol–water partition coefficient (Wildman–Crippen LogP) is 4.47. The first-order chi connectivity index (χ1) is 14.9. The Bertz CT molecular complexity index is 1210. The molecule has 8 nitrogen and oxygen atoms in total. The lowest BCUT2D eigenvalue weighted by atomic mass is 9.90. The van der Waals surface area contributed by atoms with Crippen molar-refractivity contribution in [1.82, 2.24) is 4.98 Å². The van der Waals surface area contributed by atoms with Crippen LogP contribution in [0.15, 0.2) is 42.5 Å². The van der Waals surface area contributed by atoms with Crippen molar-refractivity contribution in [2.45, 2.75) is 25.7 Å². The molecular formula is C22H18ClN3O5. The SMILES string of the molecule is O=C(COC(=O)c1c2c(nc3ccccc13)CCCC2)Nc1cc(Cl)ccc1[N+](=O)[O-]. The smallest absolute Gasteiger partial charge is 0.339 e. The van der Waals surface area contributed by atoms with Crippen molar-refractivity contribution in [1.29, 1.82) is 0 Å². The second kappa shape index (κ2) is 8.69. The van der Waals surface area contributed by atoms with Gasteiger partial charge >= 0.3 is 5.97 Å². The minimum absolute atomic E-state index is 0.0645. The average molecular weight is 440 g/mol. The standard InChI is InChI=1S/C22H18ClN3O5/c23-13-9-10-19(26(29)30)18(11-13)25-20(27)12-31-22(28)21-14-5-1-3-7-16(14)24-17-8-4-2-6-15(17)21/h1,3,5,7,9-11H,2,4,6,8,12H2,(H,25,27). The number of para-hydroxylation sites is 1. The molecule has 0 fully saturated rings. The molecule has 1 N–H and O–H groups in total. The topological polar surface area (TPSA) is 111 Å². The number of aromatic nitrogens is 1. The summed E-state index contributed by atoms with van der Waals surface area (Å²) in [6, 6.07) is 11.1. The average Bonchev–Trinajstić information content (AvgIpc) is 2.75. The van der Waals surface area contributed by atoms with Gasteiger partial charge in [-0.1, -0.05) is 29.8 Å². The minimum Gasteiger partial charge on any atom is -0.452 e. The van der Waals surface area contributed by atoms with Gasteiger partial charge in [-0.2, -0.15) is 0 Å². The van der Waals surface area contributed by atoms with Crippen LogP contribution < -0.4 is 5.32 Å². The zero-order valence-electron chi connectivity index (χ0n) is 16.4. The van der Waals surface area contributed by atoms with E-state index in [9.17, 15) is 19.7 Å². The highest BCUT2D eigenvalue weighted by molar-refractivity contribution is 6.31. The van der Waals surface area contributed by atoms with Gasteiger partial charge in [-0.3, -0.25) is 19.9 Å². The Morgan fingerprint density at radius 2 is 1.94 bits per heavy atom. The lowest BCUT2D eigenvalue weighted by Gasteiger charge is -2.19. The molecule has 3 aromatic rings. The number of nitro benzene ring substituents is 1. The van der Waals surface area contributed by atoms with E-state index in [1.165, 1.54) is 18.2 Å². The number of rotatable bonds is 5. The first kappa shape index (κ1) is 20.7. The van der Waals surface area contributed by atoms with Crippen molar-refractivity contribution in [3.05, 3.63) is 74.4 Å². The van der Waals surface area contributed by atoms with Crippen molar-refractivity contribution < 1.29 is 19.2 Å². The fourth-order valence-electron chi connectivity index (χ4n) is 3.76. The summed E-state index contributed by atoms with van der Waals surface area (Å²) in [7, 11) is 0. The Balaban J connectivity index is 1.55. The number of carbonyl (C=O) groups excluding carboxylic acids is 2. The lowest BCUT2D eigenvalue weighted by Crippen LogP contribution is -2.23. The number of nitrogens with zero attached hydrogens (tertiary/aromatic N) is 2. The molecule has 2 aromatic carbocycles. The number of hydrogen-bond acceptors (Lipinski definition) is 6. The van der Waals surface area contributed by atoms with Gasteiger partial charge in [-0.25, -0.2) is 4.79 Å². The molecule has 158 valence electrons. The fourth-order valence-corrected chi connectivity index (χ4v) is 3.93. The van der Waals surface area contributed by atoms with Crippen molar-refractivity contribution in [3.8, 4) is 0 Å². The molecule has 31 heavy (non-hydrogen) atoms. The van der Waals surface area contributed by atoms with Gasteiger partial charge < -0.3 is 10.1 Å². The summed E-state index contributed by atoms with van der Waals surface area (Å²) < 4.78 is 5.29. The number of ether oxygens (including phenoxy) is 1. The summed E-state index contributed by atoms with van der Waals surface area (Å²) in [5.74, 6) is -1.32.